The fraction of sp³-hybridized carbons (Fsp3) is 0.333. The fourth-order valence-corrected chi connectivity index (χ4v) is 2.57. The second-order valence-electron chi connectivity index (χ2n) is 6.79. The third-order valence-corrected chi connectivity index (χ3v) is 4.18. The van der Waals surface area contributed by atoms with Crippen molar-refractivity contribution in [3.05, 3.63) is 78.4 Å². The lowest BCUT2D eigenvalue weighted by molar-refractivity contribution is -0.137. The molecule has 2 aromatic carbocycles. The molecule has 0 aliphatic heterocycles. The molecule has 0 fully saturated rings. The maximum Gasteiger partial charge on any atom is 0.330 e. The Morgan fingerprint density at radius 1 is 0.931 bits per heavy atom. The minimum absolute atomic E-state index is 0.00169. The van der Waals surface area contributed by atoms with Crippen molar-refractivity contribution in [1.29, 1.82) is 0 Å². The molecule has 0 heterocycles. The van der Waals surface area contributed by atoms with Crippen molar-refractivity contribution in [2.75, 3.05) is 26.4 Å². The first-order chi connectivity index (χ1) is 14.1. The van der Waals surface area contributed by atoms with Crippen LogP contribution in [0.25, 0.3) is 0 Å². The number of benzene rings is 2. The van der Waals surface area contributed by atoms with Gasteiger partial charge in [0, 0.05) is 29.7 Å². The van der Waals surface area contributed by atoms with Gasteiger partial charge in [-0.25, -0.2) is 4.79 Å². The Hall–Kier alpha value is -2.92. The van der Waals surface area contributed by atoms with E-state index in [4.69, 9.17) is 14.2 Å². The predicted octanol–water partition coefficient (Wildman–Crippen LogP) is 4.46. The highest BCUT2D eigenvalue weighted by Crippen LogP contribution is 2.16. The van der Waals surface area contributed by atoms with Crippen molar-refractivity contribution in [2.24, 2.45) is 5.92 Å². The van der Waals surface area contributed by atoms with Crippen LogP contribution >= 0.6 is 0 Å². The maximum absolute atomic E-state index is 12.4. The Labute approximate surface area is 172 Å². The Morgan fingerprint density at radius 2 is 1.59 bits per heavy atom. The fourth-order valence-electron chi connectivity index (χ4n) is 2.57. The van der Waals surface area contributed by atoms with Crippen molar-refractivity contribution in [3.8, 4) is 5.75 Å². The minimum Gasteiger partial charge on any atom is -0.493 e. The predicted molar refractivity (Wildman–Crippen MR) is 112 cm³/mol. The molecular weight excluding hydrogens is 368 g/mol. The van der Waals surface area contributed by atoms with Crippen LogP contribution in [-0.2, 0) is 14.3 Å². The van der Waals surface area contributed by atoms with E-state index >= 15 is 0 Å². The summed E-state index contributed by atoms with van der Waals surface area (Å²) in [5.74, 6) is 0.567. The standard InChI is InChI=1S/C24H28O5/c1-3-23(25)28-16-8-7-15-27-17-19(2)18-29-22-13-11-21(12-14-22)24(26)20-9-5-4-6-10-20/h3-6,9-14,19H,1,7-8,15-18H2,2H3. The van der Waals surface area contributed by atoms with Gasteiger partial charge in [0.25, 0.3) is 0 Å². The number of esters is 1. The summed E-state index contributed by atoms with van der Waals surface area (Å²) in [6.45, 7) is 7.53. The molecule has 0 aromatic heterocycles. The molecule has 5 nitrogen and oxygen atoms in total. The quantitative estimate of drug-likeness (QED) is 0.217. The summed E-state index contributed by atoms with van der Waals surface area (Å²) in [7, 11) is 0. The topological polar surface area (TPSA) is 61.8 Å². The van der Waals surface area contributed by atoms with Gasteiger partial charge < -0.3 is 14.2 Å². The van der Waals surface area contributed by atoms with E-state index in [2.05, 4.69) is 13.5 Å². The van der Waals surface area contributed by atoms with Crippen LogP contribution in [0.2, 0.25) is 0 Å². The first kappa shape index (κ1) is 22.4. The molecular formula is C24H28O5. The number of carbonyl (C=O) groups excluding carboxylic acids is 2. The lowest BCUT2D eigenvalue weighted by atomic mass is 10.0. The van der Waals surface area contributed by atoms with Crippen molar-refractivity contribution in [2.45, 2.75) is 19.8 Å². The molecule has 0 saturated heterocycles. The van der Waals surface area contributed by atoms with Gasteiger partial charge in [0.15, 0.2) is 5.78 Å². The number of ether oxygens (including phenoxy) is 3. The molecule has 29 heavy (non-hydrogen) atoms. The van der Waals surface area contributed by atoms with Crippen molar-refractivity contribution in [1.82, 2.24) is 0 Å². The van der Waals surface area contributed by atoms with Crippen molar-refractivity contribution >= 4 is 11.8 Å². The zero-order valence-electron chi connectivity index (χ0n) is 16.8. The smallest absolute Gasteiger partial charge is 0.330 e. The normalized spacial score (nSPS) is 11.5. The van der Waals surface area contributed by atoms with Crippen LogP contribution in [0.4, 0.5) is 0 Å². The molecule has 1 atom stereocenters. The van der Waals surface area contributed by atoms with Gasteiger partial charge in [0.05, 0.1) is 19.8 Å². The molecule has 2 rings (SSSR count). The van der Waals surface area contributed by atoms with E-state index in [9.17, 15) is 9.59 Å². The first-order valence-electron chi connectivity index (χ1n) is 9.79. The lowest BCUT2D eigenvalue weighted by Gasteiger charge is -2.14. The average Bonchev–Trinajstić information content (AvgIpc) is 2.77. The van der Waals surface area contributed by atoms with E-state index in [1.54, 1.807) is 12.1 Å². The Bertz CT molecular complexity index is 768. The van der Waals surface area contributed by atoms with E-state index in [1.165, 1.54) is 0 Å². The minimum atomic E-state index is -0.394. The first-order valence-corrected chi connectivity index (χ1v) is 9.79. The number of unbranched alkanes of at least 4 members (excludes halogenated alkanes) is 1. The molecule has 0 aliphatic carbocycles. The zero-order valence-corrected chi connectivity index (χ0v) is 16.8. The molecule has 0 radical (unpaired) electrons. The van der Waals surface area contributed by atoms with Gasteiger partial charge in [-0.15, -0.1) is 0 Å². The summed E-state index contributed by atoms with van der Waals surface area (Å²) in [5, 5.41) is 0. The number of ketones is 1. The molecule has 2 aromatic rings. The van der Waals surface area contributed by atoms with Crippen LogP contribution in [0.5, 0.6) is 5.75 Å². The van der Waals surface area contributed by atoms with Gasteiger partial charge in [-0.1, -0.05) is 43.8 Å². The molecule has 0 bridgehead atoms. The van der Waals surface area contributed by atoms with E-state index in [0.717, 1.165) is 24.7 Å². The molecule has 0 amide bonds. The van der Waals surface area contributed by atoms with Gasteiger partial charge in [0.2, 0.25) is 0 Å². The maximum atomic E-state index is 12.4. The van der Waals surface area contributed by atoms with Gasteiger partial charge >= 0.3 is 5.97 Å². The summed E-state index contributed by atoms with van der Waals surface area (Å²) in [6, 6.07) is 16.4. The Morgan fingerprint density at radius 3 is 2.28 bits per heavy atom. The van der Waals surface area contributed by atoms with Crippen LogP contribution in [0.3, 0.4) is 0 Å². The highest BCUT2D eigenvalue weighted by atomic mass is 16.5. The Balaban J connectivity index is 1.62. The highest BCUT2D eigenvalue weighted by molar-refractivity contribution is 6.08. The second-order valence-corrected chi connectivity index (χ2v) is 6.79. The van der Waals surface area contributed by atoms with Crippen LogP contribution in [0.15, 0.2) is 67.3 Å². The van der Waals surface area contributed by atoms with E-state index in [-0.39, 0.29) is 11.7 Å². The van der Waals surface area contributed by atoms with Crippen LogP contribution in [0.1, 0.15) is 35.7 Å². The molecule has 5 heteroatoms. The van der Waals surface area contributed by atoms with Gasteiger partial charge in [-0.2, -0.15) is 0 Å². The summed E-state index contributed by atoms with van der Waals surface area (Å²) in [6.07, 6.45) is 2.75. The monoisotopic (exact) mass is 396 g/mol. The SMILES string of the molecule is C=CC(=O)OCCCCOCC(C)COc1ccc(C(=O)c2ccccc2)cc1. The molecule has 1 unspecified atom stereocenters. The van der Waals surface area contributed by atoms with Crippen LogP contribution < -0.4 is 4.74 Å². The number of hydrogen-bond donors (Lipinski definition) is 0. The third kappa shape index (κ3) is 8.32. The molecule has 154 valence electrons. The summed E-state index contributed by atoms with van der Waals surface area (Å²) < 4.78 is 16.3. The number of rotatable bonds is 13. The van der Waals surface area contributed by atoms with Gasteiger partial charge in [-0.05, 0) is 37.1 Å². The zero-order chi connectivity index (χ0) is 20.9. The Kier molecular flexibility index (Phi) is 9.66. The third-order valence-electron chi connectivity index (χ3n) is 4.18. The molecule has 0 saturated carbocycles. The van der Waals surface area contributed by atoms with Crippen molar-refractivity contribution in [3.63, 3.8) is 0 Å². The molecule has 0 spiro atoms. The van der Waals surface area contributed by atoms with Crippen LogP contribution in [0, 0.1) is 5.92 Å². The van der Waals surface area contributed by atoms with E-state index in [0.29, 0.717) is 37.6 Å². The van der Waals surface area contributed by atoms with E-state index in [1.807, 2.05) is 42.5 Å². The van der Waals surface area contributed by atoms with Gasteiger partial charge in [0.1, 0.15) is 5.75 Å². The largest absolute Gasteiger partial charge is 0.493 e. The summed E-state index contributed by atoms with van der Waals surface area (Å²) in [4.78, 5) is 23.3. The molecule has 0 aliphatic rings. The highest BCUT2D eigenvalue weighted by Gasteiger charge is 2.09. The molecule has 0 N–H and O–H groups in total. The summed E-state index contributed by atoms with van der Waals surface area (Å²) >= 11 is 0. The number of hydrogen-bond acceptors (Lipinski definition) is 5. The lowest BCUT2D eigenvalue weighted by Crippen LogP contribution is -2.15. The second kappa shape index (κ2) is 12.5. The number of carbonyl (C=O) groups is 2. The van der Waals surface area contributed by atoms with Crippen molar-refractivity contribution < 1.29 is 23.8 Å². The van der Waals surface area contributed by atoms with Crippen LogP contribution in [-0.4, -0.2) is 38.2 Å². The average molecular weight is 396 g/mol. The van der Waals surface area contributed by atoms with Gasteiger partial charge in [-0.3, -0.25) is 4.79 Å². The van der Waals surface area contributed by atoms with E-state index < -0.39 is 5.97 Å². The summed E-state index contributed by atoms with van der Waals surface area (Å²) in [5.41, 5.74) is 1.31.